The highest BCUT2D eigenvalue weighted by atomic mass is 35.5. The summed E-state index contributed by atoms with van der Waals surface area (Å²) in [5, 5.41) is 13.8. The van der Waals surface area contributed by atoms with Gasteiger partial charge in [0.15, 0.2) is 6.61 Å². The summed E-state index contributed by atoms with van der Waals surface area (Å²) < 4.78 is 4.78. The van der Waals surface area contributed by atoms with E-state index in [9.17, 15) is 19.7 Å². The molecule has 0 aromatic heterocycles. The van der Waals surface area contributed by atoms with E-state index in [1.165, 1.54) is 24.3 Å². The number of nitro groups is 1. The van der Waals surface area contributed by atoms with Crippen LogP contribution in [0.1, 0.15) is 5.56 Å². The highest BCUT2D eigenvalue weighted by Gasteiger charge is 2.12. The van der Waals surface area contributed by atoms with Gasteiger partial charge in [0.2, 0.25) is 0 Å². The second-order valence-corrected chi connectivity index (χ2v) is 5.72. The summed E-state index contributed by atoms with van der Waals surface area (Å²) in [6.07, 6.45) is 2.24. The number of nitro benzene ring substituents is 1. The van der Waals surface area contributed by atoms with E-state index in [1.807, 2.05) is 0 Å². The van der Waals surface area contributed by atoms with Crippen LogP contribution in [0.4, 0.5) is 11.4 Å². The molecule has 0 aliphatic heterocycles. The number of para-hydroxylation sites is 2. The molecule has 0 bridgehead atoms. The maximum atomic E-state index is 11.8. The number of ether oxygens (including phenoxy) is 1. The minimum absolute atomic E-state index is 0.150. The number of nitrogens with zero attached hydrogens (tertiary/aromatic N) is 1. The Bertz CT molecular complexity index is 863. The summed E-state index contributed by atoms with van der Waals surface area (Å²) in [6, 6.07) is 10.6. The van der Waals surface area contributed by atoms with Gasteiger partial charge < -0.3 is 10.1 Å². The van der Waals surface area contributed by atoms with Crippen molar-refractivity contribution in [3.8, 4) is 0 Å². The van der Waals surface area contributed by atoms with Crippen molar-refractivity contribution in [2.24, 2.45) is 0 Å². The highest BCUT2D eigenvalue weighted by molar-refractivity contribution is 6.39. The molecule has 2 rings (SSSR count). The molecule has 134 valence electrons. The molecule has 9 heteroatoms. The van der Waals surface area contributed by atoms with Crippen molar-refractivity contribution in [2.75, 3.05) is 11.9 Å². The van der Waals surface area contributed by atoms with Gasteiger partial charge in [-0.05, 0) is 24.3 Å². The Morgan fingerprint density at radius 1 is 1.12 bits per heavy atom. The van der Waals surface area contributed by atoms with Gasteiger partial charge >= 0.3 is 5.97 Å². The lowest BCUT2D eigenvalue weighted by Gasteiger charge is -2.08. The Balaban J connectivity index is 1.93. The molecule has 26 heavy (non-hydrogen) atoms. The molecule has 2 aromatic carbocycles. The van der Waals surface area contributed by atoms with Gasteiger partial charge in [0.1, 0.15) is 0 Å². The Hall–Kier alpha value is -2.90. The number of nitrogens with one attached hydrogen (secondary N) is 1. The van der Waals surface area contributed by atoms with Crippen LogP contribution in [-0.4, -0.2) is 23.4 Å². The number of rotatable bonds is 6. The van der Waals surface area contributed by atoms with Crippen molar-refractivity contribution in [1.82, 2.24) is 0 Å². The van der Waals surface area contributed by atoms with E-state index in [4.69, 9.17) is 27.9 Å². The van der Waals surface area contributed by atoms with Gasteiger partial charge in [-0.3, -0.25) is 14.9 Å². The number of amides is 1. The van der Waals surface area contributed by atoms with Crippen LogP contribution in [0.2, 0.25) is 10.0 Å². The first-order valence-corrected chi connectivity index (χ1v) is 7.96. The number of anilines is 1. The van der Waals surface area contributed by atoms with Crippen LogP contribution in [0.25, 0.3) is 6.08 Å². The maximum Gasteiger partial charge on any atom is 0.331 e. The van der Waals surface area contributed by atoms with Crippen molar-refractivity contribution in [3.63, 3.8) is 0 Å². The number of benzene rings is 2. The predicted octanol–water partition coefficient (Wildman–Crippen LogP) is 4.10. The summed E-state index contributed by atoms with van der Waals surface area (Å²) in [4.78, 5) is 33.8. The summed E-state index contributed by atoms with van der Waals surface area (Å²) >= 11 is 11.8. The Morgan fingerprint density at radius 3 is 2.42 bits per heavy atom. The van der Waals surface area contributed by atoms with Gasteiger partial charge in [-0.1, -0.05) is 41.4 Å². The normalized spacial score (nSPS) is 10.5. The molecule has 0 radical (unpaired) electrons. The minimum Gasteiger partial charge on any atom is -0.452 e. The lowest BCUT2D eigenvalue weighted by atomic mass is 10.1. The molecule has 0 saturated heterocycles. The smallest absolute Gasteiger partial charge is 0.331 e. The fourth-order valence-corrected chi connectivity index (χ4v) is 2.42. The summed E-state index contributed by atoms with van der Waals surface area (Å²) in [6.45, 7) is -0.568. The van der Waals surface area contributed by atoms with Crippen LogP contribution in [0, 0.1) is 10.1 Å². The van der Waals surface area contributed by atoms with Gasteiger partial charge in [-0.2, -0.15) is 0 Å². The second kappa shape index (κ2) is 8.98. The lowest BCUT2D eigenvalue weighted by molar-refractivity contribution is -0.385. The van der Waals surface area contributed by atoms with E-state index >= 15 is 0 Å². The zero-order valence-corrected chi connectivity index (χ0v) is 14.7. The maximum absolute atomic E-state index is 11.8. The van der Waals surface area contributed by atoms with Crippen LogP contribution in [0.5, 0.6) is 0 Å². The van der Waals surface area contributed by atoms with E-state index in [-0.39, 0.29) is 27.0 Å². The molecule has 1 N–H and O–H groups in total. The highest BCUT2D eigenvalue weighted by Crippen LogP contribution is 2.29. The average molecular weight is 395 g/mol. The molecule has 0 unspecified atom stereocenters. The van der Waals surface area contributed by atoms with Crippen LogP contribution in [0.3, 0.4) is 0 Å². The van der Waals surface area contributed by atoms with Crippen LogP contribution in [0.15, 0.2) is 48.5 Å². The quantitative estimate of drug-likeness (QED) is 0.344. The van der Waals surface area contributed by atoms with E-state index in [1.54, 1.807) is 24.3 Å². The summed E-state index contributed by atoms with van der Waals surface area (Å²) in [5.74, 6) is -1.46. The van der Waals surface area contributed by atoms with Crippen LogP contribution >= 0.6 is 23.2 Å². The fraction of sp³-hybridized carbons (Fsp3) is 0.0588. The zero-order valence-electron chi connectivity index (χ0n) is 13.1. The second-order valence-electron chi connectivity index (χ2n) is 4.90. The van der Waals surface area contributed by atoms with Gasteiger partial charge in [0.25, 0.3) is 11.6 Å². The number of halogens is 2. The molecule has 7 nitrogen and oxygen atoms in total. The van der Waals surface area contributed by atoms with Crippen molar-refractivity contribution in [2.45, 2.75) is 0 Å². The molecular formula is C17H12Cl2N2O5. The molecular weight excluding hydrogens is 383 g/mol. The van der Waals surface area contributed by atoms with E-state index in [2.05, 4.69) is 5.32 Å². The first kappa shape index (κ1) is 19.4. The first-order chi connectivity index (χ1) is 12.4. The van der Waals surface area contributed by atoms with E-state index in [0.29, 0.717) is 0 Å². The predicted molar refractivity (Wildman–Crippen MR) is 98.2 cm³/mol. The Labute approximate surface area is 158 Å². The number of esters is 1. The topological polar surface area (TPSA) is 98.5 Å². The van der Waals surface area contributed by atoms with Gasteiger partial charge in [0, 0.05) is 12.1 Å². The van der Waals surface area contributed by atoms with Crippen molar-refractivity contribution < 1.29 is 19.2 Å². The largest absolute Gasteiger partial charge is 0.452 e. The third kappa shape index (κ3) is 5.30. The van der Waals surface area contributed by atoms with Crippen molar-refractivity contribution >= 4 is 52.5 Å². The standard InChI is InChI=1S/C17H12Cl2N2O5/c18-12-5-3-6-13(19)17(12)20-15(22)10-26-16(23)9-8-11-4-1-2-7-14(11)21(24)25/h1-9H,10H2,(H,20,22)/b9-8+. The molecule has 0 aliphatic rings. The monoisotopic (exact) mass is 394 g/mol. The molecule has 0 atom stereocenters. The van der Waals surface area contributed by atoms with Crippen LogP contribution in [-0.2, 0) is 14.3 Å². The summed E-state index contributed by atoms with van der Waals surface area (Å²) in [7, 11) is 0. The Morgan fingerprint density at radius 2 is 1.77 bits per heavy atom. The lowest BCUT2D eigenvalue weighted by Crippen LogP contribution is -2.20. The van der Waals surface area contributed by atoms with Gasteiger partial charge in [0.05, 0.1) is 26.2 Å². The number of hydrogen-bond donors (Lipinski definition) is 1. The zero-order chi connectivity index (χ0) is 19.1. The molecule has 0 saturated carbocycles. The summed E-state index contributed by atoms with van der Waals surface area (Å²) in [5.41, 5.74) is 0.303. The molecule has 1 amide bonds. The SMILES string of the molecule is O=C(COC(=O)/C=C/c1ccccc1[N+](=O)[O-])Nc1c(Cl)cccc1Cl. The minimum atomic E-state index is -0.830. The van der Waals surface area contributed by atoms with Crippen LogP contribution < -0.4 is 5.32 Å². The molecule has 2 aromatic rings. The van der Waals surface area contributed by atoms with Crippen molar-refractivity contribution in [3.05, 3.63) is 74.3 Å². The van der Waals surface area contributed by atoms with Gasteiger partial charge in [-0.15, -0.1) is 0 Å². The van der Waals surface area contributed by atoms with E-state index in [0.717, 1.165) is 6.08 Å². The average Bonchev–Trinajstić information content (AvgIpc) is 2.61. The first-order valence-electron chi connectivity index (χ1n) is 7.20. The molecule has 0 fully saturated rings. The third-order valence-corrected chi connectivity index (χ3v) is 3.74. The van der Waals surface area contributed by atoms with Gasteiger partial charge in [-0.25, -0.2) is 4.79 Å². The number of hydrogen-bond acceptors (Lipinski definition) is 5. The number of carbonyl (C=O) groups is 2. The number of carbonyl (C=O) groups excluding carboxylic acids is 2. The third-order valence-electron chi connectivity index (χ3n) is 3.11. The van der Waals surface area contributed by atoms with E-state index < -0.39 is 23.4 Å². The Kier molecular flexibility index (Phi) is 6.71. The van der Waals surface area contributed by atoms with Crippen molar-refractivity contribution in [1.29, 1.82) is 0 Å². The fourth-order valence-electron chi connectivity index (χ4n) is 1.93. The molecule has 0 aliphatic carbocycles. The molecule has 0 spiro atoms. The molecule has 0 heterocycles.